The number of nitrogens with zero attached hydrogens (tertiary/aromatic N) is 1. The Morgan fingerprint density at radius 2 is 1.61 bits per heavy atom. The first-order chi connectivity index (χ1) is 15.9. The molecule has 6 nitrogen and oxygen atoms in total. The monoisotopic (exact) mass is 567 g/mol. The molecular weight excluding hydrogens is 550 g/mol. The Morgan fingerprint density at radius 1 is 0.939 bits per heavy atom. The molecule has 3 aromatic carbocycles. The number of hydrogen-bond donors (Lipinski definition) is 3. The van der Waals surface area contributed by atoms with Crippen molar-refractivity contribution in [2.24, 2.45) is 5.10 Å². The van der Waals surface area contributed by atoms with Crippen LogP contribution in [0, 0.1) is 0 Å². The SMILES string of the molecule is O=C(N/N=C/c1cc(Br)cc(Br)c1O)/C(=C/C=C/c1ccccc1)NC(=O)c1ccccc1. The van der Waals surface area contributed by atoms with E-state index in [2.05, 4.69) is 47.7 Å². The van der Waals surface area contributed by atoms with Crippen molar-refractivity contribution < 1.29 is 14.7 Å². The summed E-state index contributed by atoms with van der Waals surface area (Å²) in [6, 6.07) is 21.4. The zero-order valence-corrected chi connectivity index (χ0v) is 20.4. The van der Waals surface area contributed by atoms with Gasteiger partial charge in [0.05, 0.1) is 10.7 Å². The van der Waals surface area contributed by atoms with Gasteiger partial charge in [0, 0.05) is 15.6 Å². The number of phenolic OH excluding ortho intramolecular Hbond substituents is 1. The molecule has 3 aromatic rings. The molecule has 0 spiro atoms. The van der Waals surface area contributed by atoms with E-state index in [0.717, 1.165) is 10.0 Å². The van der Waals surface area contributed by atoms with Crippen LogP contribution in [-0.2, 0) is 4.79 Å². The normalized spacial score (nSPS) is 11.6. The molecule has 0 bridgehead atoms. The second-order valence-electron chi connectivity index (χ2n) is 6.69. The third-order valence-electron chi connectivity index (χ3n) is 4.31. The van der Waals surface area contributed by atoms with Gasteiger partial charge in [-0.25, -0.2) is 5.43 Å². The Morgan fingerprint density at radius 3 is 2.30 bits per heavy atom. The zero-order chi connectivity index (χ0) is 23.6. The van der Waals surface area contributed by atoms with Crippen LogP contribution < -0.4 is 10.7 Å². The summed E-state index contributed by atoms with van der Waals surface area (Å²) in [5, 5.41) is 16.6. The number of allylic oxidation sites excluding steroid dienone is 2. The summed E-state index contributed by atoms with van der Waals surface area (Å²) in [6.45, 7) is 0. The highest BCUT2D eigenvalue weighted by atomic mass is 79.9. The van der Waals surface area contributed by atoms with E-state index in [1.165, 1.54) is 12.3 Å². The summed E-state index contributed by atoms with van der Waals surface area (Å²) in [5.74, 6) is -1.07. The highest BCUT2D eigenvalue weighted by molar-refractivity contribution is 9.11. The van der Waals surface area contributed by atoms with Gasteiger partial charge < -0.3 is 10.4 Å². The first-order valence-corrected chi connectivity index (χ1v) is 11.3. The summed E-state index contributed by atoms with van der Waals surface area (Å²) >= 11 is 6.58. The van der Waals surface area contributed by atoms with Crippen LogP contribution in [-0.4, -0.2) is 23.1 Å². The lowest BCUT2D eigenvalue weighted by molar-refractivity contribution is -0.117. The highest BCUT2D eigenvalue weighted by Gasteiger charge is 2.13. The number of aromatic hydroxyl groups is 1. The zero-order valence-electron chi connectivity index (χ0n) is 17.2. The highest BCUT2D eigenvalue weighted by Crippen LogP contribution is 2.30. The molecule has 0 atom stereocenters. The summed E-state index contributed by atoms with van der Waals surface area (Å²) in [4.78, 5) is 25.3. The van der Waals surface area contributed by atoms with Crippen molar-refractivity contribution in [3.63, 3.8) is 0 Å². The summed E-state index contributed by atoms with van der Waals surface area (Å²) in [6.07, 6.45) is 6.27. The molecule has 166 valence electrons. The van der Waals surface area contributed by atoms with Gasteiger partial charge in [0.2, 0.25) is 0 Å². The van der Waals surface area contributed by atoms with Crippen LogP contribution >= 0.6 is 31.9 Å². The van der Waals surface area contributed by atoms with Crippen LogP contribution in [0.2, 0.25) is 0 Å². The molecule has 0 aliphatic carbocycles. The topological polar surface area (TPSA) is 90.8 Å². The van der Waals surface area contributed by atoms with E-state index in [1.54, 1.807) is 48.5 Å². The second-order valence-corrected chi connectivity index (χ2v) is 8.46. The van der Waals surface area contributed by atoms with Crippen molar-refractivity contribution in [2.45, 2.75) is 0 Å². The lowest BCUT2D eigenvalue weighted by atomic mass is 10.2. The maximum absolute atomic E-state index is 12.7. The summed E-state index contributed by atoms with van der Waals surface area (Å²) in [7, 11) is 0. The van der Waals surface area contributed by atoms with Gasteiger partial charge in [-0.1, -0.05) is 76.6 Å². The molecule has 0 heterocycles. The Balaban J connectivity index is 1.78. The van der Waals surface area contributed by atoms with E-state index >= 15 is 0 Å². The van der Waals surface area contributed by atoms with E-state index in [4.69, 9.17) is 0 Å². The number of benzene rings is 3. The van der Waals surface area contributed by atoms with Gasteiger partial charge in [-0.2, -0.15) is 5.10 Å². The Labute approximate surface area is 208 Å². The number of hydrazone groups is 1. The number of amides is 2. The number of phenols is 1. The van der Waals surface area contributed by atoms with Gasteiger partial charge in [0.15, 0.2) is 0 Å². The predicted molar refractivity (Wildman–Crippen MR) is 137 cm³/mol. The molecule has 8 heteroatoms. The fourth-order valence-electron chi connectivity index (χ4n) is 2.68. The molecule has 0 aromatic heterocycles. The molecule has 0 saturated heterocycles. The predicted octanol–water partition coefficient (Wildman–Crippen LogP) is 5.39. The molecule has 0 saturated carbocycles. The molecule has 0 unspecified atom stereocenters. The number of carbonyl (C=O) groups excluding carboxylic acids is 2. The largest absolute Gasteiger partial charge is 0.506 e. The average Bonchev–Trinajstić information content (AvgIpc) is 2.82. The van der Waals surface area contributed by atoms with Crippen molar-refractivity contribution in [3.8, 4) is 5.75 Å². The van der Waals surface area contributed by atoms with Crippen LogP contribution in [0.25, 0.3) is 6.08 Å². The number of rotatable bonds is 7. The first-order valence-electron chi connectivity index (χ1n) is 9.75. The quantitative estimate of drug-likeness (QED) is 0.154. The van der Waals surface area contributed by atoms with Crippen molar-refractivity contribution >= 4 is 56.0 Å². The van der Waals surface area contributed by atoms with Crippen LogP contribution in [0.15, 0.2) is 105 Å². The van der Waals surface area contributed by atoms with Crippen molar-refractivity contribution in [1.82, 2.24) is 10.7 Å². The van der Waals surface area contributed by atoms with E-state index in [-0.39, 0.29) is 11.4 Å². The van der Waals surface area contributed by atoms with Gasteiger partial charge in [0.1, 0.15) is 11.4 Å². The van der Waals surface area contributed by atoms with Gasteiger partial charge in [-0.15, -0.1) is 0 Å². The molecule has 3 rings (SSSR count). The van der Waals surface area contributed by atoms with E-state index in [9.17, 15) is 14.7 Å². The van der Waals surface area contributed by atoms with Crippen molar-refractivity contribution in [2.75, 3.05) is 0 Å². The van der Waals surface area contributed by atoms with E-state index in [1.807, 2.05) is 36.4 Å². The number of halogens is 2. The van der Waals surface area contributed by atoms with Gasteiger partial charge in [-0.3, -0.25) is 9.59 Å². The Hall–Kier alpha value is -3.49. The minimum atomic E-state index is -0.623. The van der Waals surface area contributed by atoms with E-state index < -0.39 is 11.8 Å². The first kappa shape index (κ1) is 24.2. The molecule has 0 fully saturated rings. The van der Waals surface area contributed by atoms with Gasteiger partial charge in [0.25, 0.3) is 11.8 Å². The van der Waals surface area contributed by atoms with Crippen LogP contribution in [0.5, 0.6) is 5.75 Å². The smallest absolute Gasteiger partial charge is 0.287 e. The Kier molecular flexibility index (Phi) is 8.74. The molecule has 33 heavy (non-hydrogen) atoms. The fraction of sp³-hybridized carbons (Fsp3) is 0. The standard InChI is InChI=1S/C25H19Br2N3O3/c26-20-14-19(23(31)21(27)15-20)16-28-30-25(33)22(13-7-10-17-8-3-1-4-9-17)29-24(32)18-11-5-2-6-12-18/h1-16,31H,(H,29,32)(H,30,33)/b10-7+,22-13-,28-16+. The fourth-order valence-corrected chi connectivity index (χ4v) is 3.94. The minimum Gasteiger partial charge on any atom is -0.506 e. The molecule has 2 amide bonds. The third-order valence-corrected chi connectivity index (χ3v) is 5.37. The molecule has 0 aliphatic heterocycles. The van der Waals surface area contributed by atoms with Crippen molar-refractivity contribution in [3.05, 3.63) is 116 Å². The summed E-state index contributed by atoms with van der Waals surface area (Å²) in [5.41, 5.74) is 4.12. The minimum absolute atomic E-state index is 0.00725. The molecular formula is C25H19Br2N3O3. The molecule has 0 aliphatic rings. The number of hydrogen-bond acceptors (Lipinski definition) is 4. The molecule has 3 N–H and O–H groups in total. The lowest BCUT2D eigenvalue weighted by Gasteiger charge is -2.08. The second kappa shape index (κ2) is 11.9. The third kappa shape index (κ3) is 7.27. The Bertz CT molecular complexity index is 1220. The summed E-state index contributed by atoms with van der Waals surface area (Å²) < 4.78 is 1.20. The maximum atomic E-state index is 12.7. The van der Waals surface area contributed by atoms with Crippen LogP contribution in [0.1, 0.15) is 21.5 Å². The van der Waals surface area contributed by atoms with Crippen molar-refractivity contribution in [1.29, 1.82) is 0 Å². The van der Waals surface area contributed by atoms with E-state index in [0.29, 0.717) is 15.6 Å². The van der Waals surface area contributed by atoms with Gasteiger partial charge in [-0.05, 0) is 51.8 Å². The number of carbonyl (C=O) groups is 2. The van der Waals surface area contributed by atoms with Gasteiger partial charge >= 0.3 is 0 Å². The average molecular weight is 569 g/mol. The van der Waals surface area contributed by atoms with Crippen LogP contribution in [0.4, 0.5) is 0 Å². The lowest BCUT2D eigenvalue weighted by Crippen LogP contribution is -2.32. The molecule has 0 radical (unpaired) electrons. The maximum Gasteiger partial charge on any atom is 0.287 e. The number of nitrogens with one attached hydrogen (secondary N) is 2. The van der Waals surface area contributed by atoms with Crippen LogP contribution in [0.3, 0.4) is 0 Å².